The fourth-order valence-electron chi connectivity index (χ4n) is 1.92. The van der Waals surface area contributed by atoms with E-state index in [1.165, 1.54) is 0 Å². The average Bonchev–Trinajstić information content (AvgIpc) is 2.82. The quantitative estimate of drug-likeness (QED) is 0.804. The number of benzene rings is 1. The van der Waals surface area contributed by atoms with Crippen molar-refractivity contribution in [3.8, 4) is 0 Å². The molecule has 0 saturated heterocycles. The van der Waals surface area contributed by atoms with E-state index in [1.807, 2.05) is 25.1 Å². The van der Waals surface area contributed by atoms with Crippen LogP contribution in [0.1, 0.15) is 5.56 Å². The summed E-state index contributed by atoms with van der Waals surface area (Å²) >= 11 is 0. The summed E-state index contributed by atoms with van der Waals surface area (Å²) in [6.07, 6.45) is 3.38. The van der Waals surface area contributed by atoms with Gasteiger partial charge in [0.25, 0.3) is 10.0 Å². The van der Waals surface area contributed by atoms with Crippen LogP contribution in [0.3, 0.4) is 0 Å². The molecule has 0 spiro atoms. The number of hydrogen-bond donors (Lipinski definition) is 1. The Balaban J connectivity index is 1.99. The van der Waals surface area contributed by atoms with Crippen LogP contribution >= 0.6 is 0 Å². The summed E-state index contributed by atoms with van der Waals surface area (Å²) in [5.41, 5.74) is 1.84. The van der Waals surface area contributed by atoms with Gasteiger partial charge in [-0.05, 0) is 31.2 Å². The van der Waals surface area contributed by atoms with Gasteiger partial charge in [-0.15, -0.1) is 0 Å². The lowest BCUT2D eigenvalue weighted by Gasteiger charge is -2.07. The first-order valence-corrected chi connectivity index (χ1v) is 7.56. The van der Waals surface area contributed by atoms with Crippen LogP contribution in [0, 0.1) is 6.92 Å². The highest BCUT2D eigenvalue weighted by Crippen LogP contribution is 2.17. The fraction of sp³-hybridized carbons (Fsp3) is 0.0714. The molecule has 0 unspecified atom stereocenters. The fourth-order valence-corrected chi connectivity index (χ4v) is 2.92. The third kappa shape index (κ3) is 2.25. The lowest BCUT2D eigenvalue weighted by atomic mass is 10.2. The first kappa shape index (κ1) is 12.7. The maximum absolute atomic E-state index is 12.3. The van der Waals surface area contributed by atoms with Gasteiger partial charge in [0, 0.05) is 6.20 Å². The molecule has 0 aliphatic carbocycles. The highest BCUT2D eigenvalue weighted by molar-refractivity contribution is 7.92. The minimum Gasteiger partial charge on any atom is -0.285 e. The van der Waals surface area contributed by atoms with Crippen LogP contribution in [0.4, 0.5) is 5.95 Å². The highest BCUT2D eigenvalue weighted by Gasteiger charge is 2.16. The largest absolute Gasteiger partial charge is 0.285 e. The molecular weight excluding hydrogens is 274 g/mol. The van der Waals surface area contributed by atoms with Gasteiger partial charge in [0.1, 0.15) is 0 Å². The van der Waals surface area contributed by atoms with E-state index in [0.29, 0.717) is 0 Å². The first-order chi connectivity index (χ1) is 9.56. The van der Waals surface area contributed by atoms with Crippen LogP contribution in [0.25, 0.3) is 5.52 Å². The van der Waals surface area contributed by atoms with E-state index < -0.39 is 10.0 Å². The van der Waals surface area contributed by atoms with Crippen molar-refractivity contribution in [3.63, 3.8) is 0 Å². The molecule has 5 nitrogen and oxygen atoms in total. The van der Waals surface area contributed by atoms with E-state index >= 15 is 0 Å². The molecule has 6 heteroatoms. The zero-order chi connectivity index (χ0) is 14.2. The molecule has 102 valence electrons. The summed E-state index contributed by atoms with van der Waals surface area (Å²) in [6.45, 7) is 1.91. The van der Waals surface area contributed by atoms with Gasteiger partial charge < -0.3 is 0 Å². The summed E-state index contributed by atoms with van der Waals surface area (Å²) in [7, 11) is -3.62. The average molecular weight is 287 g/mol. The van der Waals surface area contributed by atoms with Crippen LogP contribution < -0.4 is 4.72 Å². The van der Waals surface area contributed by atoms with Crippen molar-refractivity contribution in [2.75, 3.05) is 4.72 Å². The van der Waals surface area contributed by atoms with E-state index in [2.05, 4.69) is 9.71 Å². The summed E-state index contributed by atoms with van der Waals surface area (Å²) in [4.78, 5) is 4.31. The molecule has 0 aliphatic rings. The molecule has 2 aromatic heterocycles. The second-order valence-electron chi connectivity index (χ2n) is 4.50. The summed E-state index contributed by atoms with van der Waals surface area (Å²) in [5.74, 6) is 0.279. The van der Waals surface area contributed by atoms with Crippen molar-refractivity contribution in [2.45, 2.75) is 11.8 Å². The molecule has 0 radical (unpaired) electrons. The van der Waals surface area contributed by atoms with E-state index in [9.17, 15) is 8.42 Å². The molecule has 3 rings (SSSR count). The van der Waals surface area contributed by atoms with Gasteiger partial charge in [0.15, 0.2) is 0 Å². The number of hydrogen-bond acceptors (Lipinski definition) is 3. The molecular formula is C14H13N3O2S. The van der Waals surface area contributed by atoms with Crippen molar-refractivity contribution >= 4 is 21.5 Å². The predicted octanol–water partition coefficient (Wildman–Crippen LogP) is 2.44. The van der Waals surface area contributed by atoms with E-state index in [4.69, 9.17) is 0 Å². The maximum atomic E-state index is 12.3. The van der Waals surface area contributed by atoms with Crippen molar-refractivity contribution in [1.82, 2.24) is 9.38 Å². The molecule has 1 N–H and O–H groups in total. The van der Waals surface area contributed by atoms with Crippen molar-refractivity contribution < 1.29 is 8.42 Å². The zero-order valence-electron chi connectivity index (χ0n) is 10.8. The normalized spacial score (nSPS) is 11.7. The third-order valence-corrected chi connectivity index (χ3v) is 4.34. The van der Waals surface area contributed by atoms with Crippen LogP contribution in [0.15, 0.2) is 59.8 Å². The van der Waals surface area contributed by atoms with E-state index in [-0.39, 0.29) is 10.8 Å². The number of aryl methyl sites for hydroxylation is 1. The molecule has 0 aliphatic heterocycles. The van der Waals surface area contributed by atoms with Crippen LogP contribution in [-0.4, -0.2) is 17.8 Å². The lowest BCUT2D eigenvalue weighted by molar-refractivity contribution is 0.600. The molecule has 2 heterocycles. The van der Waals surface area contributed by atoms with Gasteiger partial charge in [-0.1, -0.05) is 23.8 Å². The Labute approximate surface area is 117 Å². The molecule has 3 aromatic rings. The number of nitrogens with zero attached hydrogens (tertiary/aromatic N) is 2. The van der Waals surface area contributed by atoms with Gasteiger partial charge in [-0.25, -0.2) is 18.1 Å². The minimum atomic E-state index is -3.62. The van der Waals surface area contributed by atoms with Crippen LogP contribution in [-0.2, 0) is 10.0 Å². The first-order valence-electron chi connectivity index (χ1n) is 6.08. The number of nitrogens with one attached hydrogen (secondary N) is 1. The molecule has 0 bridgehead atoms. The number of sulfonamides is 1. The van der Waals surface area contributed by atoms with E-state index in [1.54, 1.807) is 41.1 Å². The molecule has 1 aromatic carbocycles. The van der Waals surface area contributed by atoms with Gasteiger partial charge in [-0.3, -0.25) is 4.40 Å². The monoisotopic (exact) mass is 287 g/mol. The lowest BCUT2D eigenvalue weighted by Crippen LogP contribution is -2.15. The number of fused-ring (bicyclic) bond motifs is 1. The Kier molecular flexibility index (Phi) is 2.94. The Hall–Kier alpha value is -2.34. The number of pyridine rings is 1. The second-order valence-corrected chi connectivity index (χ2v) is 6.18. The highest BCUT2D eigenvalue weighted by atomic mass is 32.2. The predicted molar refractivity (Wildman–Crippen MR) is 77.2 cm³/mol. The van der Waals surface area contributed by atoms with Crippen molar-refractivity contribution in [2.24, 2.45) is 0 Å². The second kappa shape index (κ2) is 4.64. The Bertz CT molecular complexity index is 852. The third-order valence-electron chi connectivity index (χ3n) is 3.00. The summed E-state index contributed by atoms with van der Waals surface area (Å²) in [5, 5.41) is 0. The summed E-state index contributed by atoms with van der Waals surface area (Å²) < 4.78 is 28.8. The molecule has 0 amide bonds. The van der Waals surface area contributed by atoms with Gasteiger partial charge in [0.05, 0.1) is 16.6 Å². The molecule has 20 heavy (non-hydrogen) atoms. The molecule has 0 atom stereocenters. The topological polar surface area (TPSA) is 63.5 Å². The SMILES string of the molecule is Cc1ccc(S(=O)(=O)Nc2ncc3ccccn23)cc1. The standard InChI is InChI=1S/C14H13N3O2S/c1-11-5-7-13(8-6-11)20(18,19)16-14-15-10-12-4-2-3-9-17(12)14/h2-10H,1H3,(H,15,16). The number of aromatic nitrogens is 2. The van der Waals surface area contributed by atoms with Crippen molar-refractivity contribution in [3.05, 3.63) is 60.4 Å². The van der Waals surface area contributed by atoms with Gasteiger partial charge in [0.2, 0.25) is 5.95 Å². The van der Waals surface area contributed by atoms with Gasteiger partial charge in [-0.2, -0.15) is 0 Å². The Morgan fingerprint density at radius 3 is 2.60 bits per heavy atom. The van der Waals surface area contributed by atoms with Crippen molar-refractivity contribution in [1.29, 1.82) is 0 Å². The van der Waals surface area contributed by atoms with E-state index in [0.717, 1.165) is 11.1 Å². The Morgan fingerprint density at radius 2 is 1.85 bits per heavy atom. The number of imidazole rings is 1. The number of anilines is 1. The summed E-state index contributed by atoms with van der Waals surface area (Å²) in [6, 6.07) is 12.2. The van der Waals surface area contributed by atoms with Crippen LogP contribution in [0.2, 0.25) is 0 Å². The molecule has 0 fully saturated rings. The van der Waals surface area contributed by atoms with Gasteiger partial charge >= 0.3 is 0 Å². The number of rotatable bonds is 3. The minimum absolute atomic E-state index is 0.218. The molecule has 0 saturated carbocycles. The van der Waals surface area contributed by atoms with Crippen LogP contribution in [0.5, 0.6) is 0 Å². The Morgan fingerprint density at radius 1 is 1.10 bits per heavy atom. The maximum Gasteiger partial charge on any atom is 0.264 e. The zero-order valence-corrected chi connectivity index (χ0v) is 11.6. The smallest absolute Gasteiger partial charge is 0.264 e.